The molecular weight excluding hydrogens is 304 g/mol. The summed E-state index contributed by atoms with van der Waals surface area (Å²) in [7, 11) is 0. The topological polar surface area (TPSA) is 58.9 Å². The molecule has 0 aromatic heterocycles. The van der Waals surface area contributed by atoms with E-state index >= 15 is 0 Å². The van der Waals surface area contributed by atoms with E-state index in [2.05, 4.69) is 30.3 Å². The van der Waals surface area contributed by atoms with Crippen LogP contribution in [-0.2, 0) is 9.47 Å². The molecule has 0 radical (unpaired) electrons. The Kier molecular flexibility index (Phi) is 3.98. The van der Waals surface area contributed by atoms with Gasteiger partial charge < -0.3 is 19.7 Å². The smallest absolute Gasteiger partial charge is 0.185 e. The summed E-state index contributed by atoms with van der Waals surface area (Å²) in [4.78, 5) is 0. The third kappa shape index (κ3) is 2.48. The third-order valence-electron chi connectivity index (χ3n) is 4.80. The van der Waals surface area contributed by atoms with Crippen molar-refractivity contribution in [3.05, 3.63) is 60.2 Å². The fourth-order valence-electron chi connectivity index (χ4n) is 3.30. The second-order valence-corrected chi connectivity index (χ2v) is 6.50. The lowest BCUT2D eigenvalue weighted by molar-refractivity contribution is -0.247. The molecule has 0 aliphatic carbocycles. The normalized spacial score (nSPS) is 18.2. The van der Waals surface area contributed by atoms with Gasteiger partial charge in [-0.05, 0) is 27.6 Å². The quantitative estimate of drug-likeness (QED) is 0.727. The molecule has 3 aromatic carbocycles. The van der Waals surface area contributed by atoms with Crippen LogP contribution in [0.3, 0.4) is 0 Å². The second-order valence-electron chi connectivity index (χ2n) is 6.50. The van der Waals surface area contributed by atoms with E-state index in [-0.39, 0.29) is 26.4 Å². The summed E-state index contributed by atoms with van der Waals surface area (Å²) in [5, 5.41) is 23.5. The number of hydrogen-bond acceptors (Lipinski definition) is 4. The van der Waals surface area contributed by atoms with Crippen LogP contribution in [0.25, 0.3) is 21.5 Å². The molecule has 4 nitrogen and oxygen atoms in total. The van der Waals surface area contributed by atoms with E-state index in [1.54, 1.807) is 0 Å². The number of ether oxygens (including phenoxy) is 2. The maximum atomic E-state index is 9.52. The minimum atomic E-state index is -0.725. The Morgan fingerprint density at radius 2 is 1.33 bits per heavy atom. The standard InChI is InChI=1S/C20H20O4/c21-10-20(11-22)12-23-19(24-13-20)18-16-7-3-1-5-14(16)9-15-6-2-4-8-17(15)18/h1-9,19,21-22H,10-13H2. The Morgan fingerprint density at radius 1 is 0.833 bits per heavy atom. The highest BCUT2D eigenvalue weighted by molar-refractivity contribution is 6.02. The predicted molar refractivity (Wildman–Crippen MR) is 92.7 cm³/mol. The van der Waals surface area contributed by atoms with Crippen LogP contribution in [0, 0.1) is 5.41 Å². The molecule has 0 unspecified atom stereocenters. The minimum Gasteiger partial charge on any atom is -0.396 e. The van der Waals surface area contributed by atoms with Crippen LogP contribution in [0.15, 0.2) is 54.6 Å². The Hall–Kier alpha value is -1.98. The molecule has 1 aliphatic heterocycles. The third-order valence-corrected chi connectivity index (χ3v) is 4.80. The Morgan fingerprint density at radius 3 is 1.83 bits per heavy atom. The maximum Gasteiger partial charge on any atom is 0.185 e. The van der Waals surface area contributed by atoms with Gasteiger partial charge in [0.05, 0.1) is 31.8 Å². The van der Waals surface area contributed by atoms with Crippen molar-refractivity contribution in [2.75, 3.05) is 26.4 Å². The largest absolute Gasteiger partial charge is 0.396 e. The lowest BCUT2D eigenvalue weighted by atomic mass is 9.90. The summed E-state index contributed by atoms with van der Waals surface area (Å²) in [6.45, 7) is 0.212. The lowest BCUT2D eigenvalue weighted by Crippen LogP contribution is -2.44. The molecule has 0 bridgehead atoms. The highest BCUT2D eigenvalue weighted by Gasteiger charge is 2.37. The van der Waals surface area contributed by atoms with E-state index in [0.29, 0.717) is 0 Å². The Balaban J connectivity index is 1.83. The molecule has 0 spiro atoms. The van der Waals surface area contributed by atoms with Crippen LogP contribution >= 0.6 is 0 Å². The van der Waals surface area contributed by atoms with Gasteiger partial charge in [-0.2, -0.15) is 0 Å². The van der Waals surface area contributed by atoms with Gasteiger partial charge >= 0.3 is 0 Å². The molecule has 1 heterocycles. The molecular formula is C20H20O4. The average molecular weight is 324 g/mol. The highest BCUT2D eigenvalue weighted by atomic mass is 16.7. The summed E-state index contributed by atoms with van der Waals surface area (Å²) >= 11 is 0. The van der Waals surface area contributed by atoms with Crippen molar-refractivity contribution in [3.8, 4) is 0 Å². The first-order valence-corrected chi connectivity index (χ1v) is 8.12. The number of rotatable bonds is 3. The first kappa shape index (κ1) is 15.5. The fraction of sp³-hybridized carbons (Fsp3) is 0.300. The zero-order valence-electron chi connectivity index (χ0n) is 13.3. The molecule has 0 amide bonds. The van der Waals surface area contributed by atoms with Crippen molar-refractivity contribution in [3.63, 3.8) is 0 Å². The van der Waals surface area contributed by atoms with Gasteiger partial charge in [-0.25, -0.2) is 0 Å². The molecule has 24 heavy (non-hydrogen) atoms. The van der Waals surface area contributed by atoms with Gasteiger partial charge in [0.15, 0.2) is 6.29 Å². The van der Waals surface area contributed by atoms with E-state index in [0.717, 1.165) is 27.1 Å². The van der Waals surface area contributed by atoms with Gasteiger partial charge in [0.2, 0.25) is 0 Å². The average Bonchev–Trinajstić information content (AvgIpc) is 2.66. The van der Waals surface area contributed by atoms with Gasteiger partial charge in [-0.1, -0.05) is 48.5 Å². The Labute approximate surface area is 140 Å². The molecule has 124 valence electrons. The first-order valence-electron chi connectivity index (χ1n) is 8.12. The van der Waals surface area contributed by atoms with Crippen molar-refractivity contribution in [1.82, 2.24) is 0 Å². The van der Waals surface area contributed by atoms with Gasteiger partial charge in [0, 0.05) is 5.56 Å². The van der Waals surface area contributed by atoms with Crippen LogP contribution in [0.1, 0.15) is 11.9 Å². The predicted octanol–water partition coefficient (Wildman–Crippen LogP) is 3.01. The number of aliphatic hydroxyl groups is 2. The van der Waals surface area contributed by atoms with Crippen LogP contribution in [0.2, 0.25) is 0 Å². The molecule has 0 saturated carbocycles. The van der Waals surface area contributed by atoms with Crippen molar-refractivity contribution in [1.29, 1.82) is 0 Å². The van der Waals surface area contributed by atoms with Crippen molar-refractivity contribution in [2.24, 2.45) is 5.41 Å². The highest BCUT2D eigenvalue weighted by Crippen LogP contribution is 2.38. The maximum absolute atomic E-state index is 9.52. The minimum absolute atomic E-state index is 0.160. The van der Waals surface area contributed by atoms with Gasteiger partial charge in [-0.3, -0.25) is 0 Å². The number of aliphatic hydroxyl groups excluding tert-OH is 2. The van der Waals surface area contributed by atoms with Crippen LogP contribution in [-0.4, -0.2) is 36.6 Å². The summed E-state index contributed by atoms with van der Waals surface area (Å²) in [5.74, 6) is 0. The molecule has 0 atom stereocenters. The van der Waals surface area contributed by atoms with E-state index in [9.17, 15) is 10.2 Å². The van der Waals surface area contributed by atoms with E-state index in [1.807, 2.05) is 24.3 Å². The summed E-state index contributed by atoms with van der Waals surface area (Å²) in [5.41, 5.74) is 0.282. The van der Waals surface area contributed by atoms with Crippen molar-refractivity contribution < 1.29 is 19.7 Å². The van der Waals surface area contributed by atoms with Crippen molar-refractivity contribution >= 4 is 21.5 Å². The molecule has 1 saturated heterocycles. The zero-order valence-corrected chi connectivity index (χ0v) is 13.3. The zero-order chi connectivity index (χ0) is 16.6. The van der Waals surface area contributed by atoms with Gasteiger partial charge in [0.25, 0.3) is 0 Å². The molecule has 3 aromatic rings. The first-order chi connectivity index (χ1) is 11.8. The second kappa shape index (κ2) is 6.15. The van der Waals surface area contributed by atoms with Gasteiger partial charge in [-0.15, -0.1) is 0 Å². The summed E-state index contributed by atoms with van der Waals surface area (Å²) in [6.07, 6.45) is -0.507. The SMILES string of the molecule is OCC1(CO)COC(c2c3ccccc3cc3ccccc23)OC1. The monoisotopic (exact) mass is 324 g/mol. The van der Waals surface area contributed by atoms with E-state index in [4.69, 9.17) is 9.47 Å². The number of benzene rings is 3. The van der Waals surface area contributed by atoms with Crippen LogP contribution < -0.4 is 0 Å². The summed E-state index contributed by atoms with van der Waals surface area (Å²) < 4.78 is 11.9. The molecule has 1 aliphatic rings. The Bertz CT molecular complexity index is 806. The summed E-state index contributed by atoms with van der Waals surface area (Å²) in [6, 6.07) is 18.5. The molecule has 4 rings (SSSR count). The van der Waals surface area contributed by atoms with Gasteiger partial charge in [0.1, 0.15) is 0 Å². The number of hydrogen-bond donors (Lipinski definition) is 2. The number of fused-ring (bicyclic) bond motifs is 2. The molecule has 2 N–H and O–H groups in total. The van der Waals surface area contributed by atoms with Crippen molar-refractivity contribution in [2.45, 2.75) is 6.29 Å². The van der Waals surface area contributed by atoms with Crippen LogP contribution in [0.5, 0.6) is 0 Å². The fourth-order valence-corrected chi connectivity index (χ4v) is 3.30. The van der Waals surface area contributed by atoms with E-state index in [1.165, 1.54) is 0 Å². The molecule has 1 fully saturated rings. The molecule has 4 heteroatoms. The lowest BCUT2D eigenvalue weighted by Gasteiger charge is -2.38. The van der Waals surface area contributed by atoms with E-state index < -0.39 is 11.7 Å². The van der Waals surface area contributed by atoms with Crippen LogP contribution in [0.4, 0.5) is 0 Å².